The molecule has 0 spiro atoms. The predicted octanol–water partition coefficient (Wildman–Crippen LogP) is 3.18. The maximum Gasteiger partial charge on any atom is 0.129 e. The van der Waals surface area contributed by atoms with E-state index < -0.39 is 19.1 Å². The van der Waals surface area contributed by atoms with Gasteiger partial charge in [0.25, 0.3) is 0 Å². The summed E-state index contributed by atoms with van der Waals surface area (Å²) in [4.78, 5) is 0. The van der Waals surface area contributed by atoms with E-state index in [2.05, 4.69) is 42.3 Å². The molecule has 2 nitrogen and oxygen atoms in total. The molecule has 1 aliphatic heterocycles. The lowest BCUT2D eigenvalue weighted by molar-refractivity contribution is 0.592. The van der Waals surface area contributed by atoms with Crippen molar-refractivity contribution >= 4 is 19.1 Å². The van der Waals surface area contributed by atoms with Crippen molar-refractivity contribution < 1.29 is 4.21 Å². The summed E-state index contributed by atoms with van der Waals surface area (Å²) in [6, 6.07) is 0.649. The molecule has 0 N–H and O–H groups in total. The summed E-state index contributed by atoms with van der Waals surface area (Å²) >= 11 is 0. The van der Waals surface area contributed by atoms with Crippen LogP contribution < -0.4 is 0 Å². The molecule has 4 heteroatoms. The van der Waals surface area contributed by atoms with E-state index in [1.807, 2.05) is 20.8 Å². The van der Waals surface area contributed by atoms with Crippen LogP contribution in [0, 0.1) is 11.5 Å². The van der Waals surface area contributed by atoms with Crippen LogP contribution in [0.5, 0.6) is 0 Å². The summed E-state index contributed by atoms with van der Waals surface area (Å²) in [5.41, 5.74) is 3.42. The highest BCUT2D eigenvalue weighted by molar-refractivity contribution is 7.84. The molecule has 0 amide bonds. The highest BCUT2D eigenvalue weighted by Crippen LogP contribution is 2.37. The largest absolute Gasteiger partial charge is 0.242 e. The molecule has 0 radical (unpaired) electrons. The zero-order chi connectivity index (χ0) is 14.1. The molecule has 104 valence electrons. The third kappa shape index (κ3) is 4.22. The zero-order valence-electron chi connectivity index (χ0n) is 12.8. The number of hydrogen-bond donors (Lipinski definition) is 0. The molecule has 1 rings (SSSR count). The molecule has 0 saturated carbocycles. The summed E-state index contributed by atoms with van der Waals surface area (Å²) in [5.74, 6) is 3.38. The van der Waals surface area contributed by atoms with Crippen molar-refractivity contribution in [1.82, 2.24) is 4.31 Å². The monoisotopic (exact) mass is 285 g/mol. The highest BCUT2D eigenvalue weighted by atomic mass is 32.2. The van der Waals surface area contributed by atoms with Gasteiger partial charge in [-0.05, 0) is 27.2 Å². The molecule has 2 unspecified atom stereocenters. The minimum Gasteiger partial charge on any atom is -0.242 e. The van der Waals surface area contributed by atoms with Crippen molar-refractivity contribution in [1.29, 1.82) is 0 Å². The Bertz CT molecular complexity index is 383. The lowest BCUT2D eigenvalue weighted by Gasteiger charge is -2.18. The predicted molar refractivity (Wildman–Crippen MR) is 83.3 cm³/mol. The third-order valence-electron chi connectivity index (χ3n) is 2.77. The fraction of sp³-hybridized carbons (Fsp3) is 0.857. The quantitative estimate of drug-likeness (QED) is 0.443. The van der Waals surface area contributed by atoms with Crippen molar-refractivity contribution in [2.75, 3.05) is 0 Å². The molecule has 0 aromatic heterocycles. The van der Waals surface area contributed by atoms with Gasteiger partial charge in [-0.2, -0.15) is 0 Å². The normalized spacial score (nSPS) is 29.4. The first-order chi connectivity index (χ1) is 8.08. The Morgan fingerprint density at radius 2 is 1.83 bits per heavy atom. The van der Waals surface area contributed by atoms with E-state index in [9.17, 15) is 4.21 Å². The molecule has 0 aromatic carbocycles. The molecule has 4 atom stereocenters. The number of nitrogens with zero attached hydrogens (tertiary/aromatic N) is 1. The van der Waals surface area contributed by atoms with Crippen molar-refractivity contribution in [3.05, 3.63) is 0 Å². The molecule has 18 heavy (non-hydrogen) atoms. The van der Waals surface area contributed by atoms with E-state index in [0.717, 1.165) is 12.8 Å². The van der Waals surface area contributed by atoms with Gasteiger partial charge in [0, 0.05) is 0 Å². The van der Waals surface area contributed by atoms with Crippen LogP contribution in [0.2, 0.25) is 19.6 Å². The van der Waals surface area contributed by atoms with Gasteiger partial charge in [-0.15, -0.1) is 5.54 Å². The lowest BCUT2D eigenvalue weighted by atomic mass is 10.2. The van der Waals surface area contributed by atoms with Gasteiger partial charge in [0.15, 0.2) is 0 Å². The van der Waals surface area contributed by atoms with Gasteiger partial charge in [-0.1, -0.05) is 38.9 Å². The molecule has 1 heterocycles. The van der Waals surface area contributed by atoms with Crippen LogP contribution in [0.3, 0.4) is 0 Å². The lowest BCUT2D eigenvalue weighted by Crippen LogP contribution is -2.28. The van der Waals surface area contributed by atoms with Crippen LogP contribution in [-0.2, 0) is 11.0 Å². The maximum absolute atomic E-state index is 12.4. The molecular formula is C14H27NOSSi. The smallest absolute Gasteiger partial charge is 0.129 e. The Balaban J connectivity index is 2.79. The Morgan fingerprint density at radius 1 is 1.28 bits per heavy atom. The fourth-order valence-electron chi connectivity index (χ4n) is 1.83. The Morgan fingerprint density at radius 3 is 2.22 bits per heavy atom. The van der Waals surface area contributed by atoms with E-state index in [1.165, 1.54) is 0 Å². The molecule has 1 aliphatic rings. The molecule has 1 fully saturated rings. The van der Waals surface area contributed by atoms with Crippen molar-refractivity contribution in [3.8, 4) is 11.5 Å². The van der Waals surface area contributed by atoms with Gasteiger partial charge in [-0.3, -0.25) is 0 Å². The van der Waals surface area contributed by atoms with E-state index in [1.54, 1.807) is 0 Å². The van der Waals surface area contributed by atoms with E-state index in [0.29, 0.717) is 6.04 Å². The summed E-state index contributed by atoms with van der Waals surface area (Å²) in [7, 11) is -2.25. The highest BCUT2D eigenvalue weighted by Gasteiger charge is 2.52. The van der Waals surface area contributed by atoms with Crippen LogP contribution in [0.25, 0.3) is 0 Å². The van der Waals surface area contributed by atoms with Crippen molar-refractivity contribution in [2.24, 2.45) is 0 Å². The second-order valence-electron chi connectivity index (χ2n) is 7.04. The second-order valence-corrected chi connectivity index (χ2v) is 13.9. The Hall–Kier alpha value is -0.113. The van der Waals surface area contributed by atoms with E-state index in [4.69, 9.17) is 0 Å². The molecule has 0 aliphatic carbocycles. The first-order valence-electron chi connectivity index (χ1n) is 6.81. The van der Waals surface area contributed by atoms with E-state index in [-0.39, 0.29) is 10.8 Å². The Labute approximate surface area is 116 Å². The first-order valence-corrected chi connectivity index (χ1v) is 11.4. The van der Waals surface area contributed by atoms with Crippen LogP contribution >= 0.6 is 0 Å². The van der Waals surface area contributed by atoms with Gasteiger partial charge in [0.1, 0.15) is 19.1 Å². The Kier molecular flexibility index (Phi) is 4.85. The summed E-state index contributed by atoms with van der Waals surface area (Å²) in [6.07, 6.45) is 2.24. The van der Waals surface area contributed by atoms with Crippen LogP contribution in [0.4, 0.5) is 0 Å². The van der Waals surface area contributed by atoms with Gasteiger partial charge >= 0.3 is 0 Å². The number of rotatable bonds is 3. The molecule has 0 bridgehead atoms. The van der Waals surface area contributed by atoms with Gasteiger partial charge in [-0.25, -0.2) is 8.51 Å². The minimum absolute atomic E-state index is 0.179. The maximum atomic E-state index is 12.4. The number of hydrogen-bond acceptors (Lipinski definition) is 1. The standard InChI is InChI=1S/C14H27NOSSi/c1-8-9-12-13(10-11-18(5,6)7)15(12)17(16)14(2,3)4/h12-13H,8-9H2,1-7H3/t12-,13-,15?,17?/m0/s1. The van der Waals surface area contributed by atoms with Crippen LogP contribution in [0.1, 0.15) is 40.5 Å². The van der Waals surface area contributed by atoms with Crippen LogP contribution in [-0.4, -0.2) is 33.4 Å². The first kappa shape index (κ1) is 15.9. The zero-order valence-corrected chi connectivity index (χ0v) is 14.6. The molecule has 1 saturated heterocycles. The fourth-order valence-corrected chi connectivity index (χ4v) is 3.86. The SMILES string of the molecule is CCC[C@H]1[C@H](C#C[Si](C)(C)C)N1S(=O)C(C)(C)C. The second kappa shape index (κ2) is 5.48. The van der Waals surface area contributed by atoms with Crippen LogP contribution in [0.15, 0.2) is 0 Å². The molecule has 0 aromatic rings. The van der Waals surface area contributed by atoms with Crippen molar-refractivity contribution in [3.63, 3.8) is 0 Å². The minimum atomic E-state index is -1.33. The topological polar surface area (TPSA) is 20.1 Å². The van der Waals surface area contributed by atoms with E-state index >= 15 is 0 Å². The summed E-state index contributed by atoms with van der Waals surface area (Å²) < 4.78 is 14.4. The average molecular weight is 286 g/mol. The van der Waals surface area contributed by atoms with Gasteiger partial charge in [0.2, 0.25) is 0 Å². The van der Waals surface area contributed by atoms with Gasteiger partial charge < -0.3 is 0 Å². The van der Waals surface area contributed by atoms with Crippen molar-refractivity contribution in [2.45, 2.75) is 77.0 Å². The summed E-state index contributed by atoms with van der Waals surface area (Å²) in [5, 5.41) is 0. The average Bonchev–Trinajstić information content (AvgIpc) is 2.85. The van der Waals surface area contributed by atoms with Gasteiger partial charge in [0.05, 0.1) is 16.8 Å². The molecular weight excluding hydrogens is 258 g/mol. The summed E-state index contributed by atoms with van der Waals surface area (Å²) in [6.45, 7) is 15.0. The third-order valence-corrected chi connectivity index (χ3v) is 5.59.